The maximum Gasteiger partial charge on any atom is 0.0873 e. The third-order valence-electron chi connectivity index (χ3n) is 16.0. The maximum atomic E-state index is 5.19. The molecule has 0 aromatic heterocycles. The fourth-order valence-corrected chi connectivity index (χ4v) is 11.1. The van der Waals surface area contributed by atoms with Crippen molar-refractivity contribution in [3.8, 4) is 0 Å². The summed E-state index contributed by atoms with van der Waals surface area (Å²) in [5.41, 5.74) is 0. The minimum absolute atomic E-state index is 0.850. The van der Waals surface area contributed by atoms with E-state index in [9.17, 15) is 0 Å². The highest BCUT2D eigenvalue weighted by Gasteiger charge is 2.01. The number of unbranched alkanes of at least 4 members (excludes halogenated alkanes) is 61. The van der Waals surface area contributed by atoms with Crippen LogP contribution >= 0.6 is 0 Å². The molecule has 2 heteroatoms. The van der Waals surface area contributed by atoms with Gasteiger partial charge >= 0.3 is 0 Å². The summed E-state index contributed by atoms with van der Waals surface area (Å²) in [6.07, 6.45) is 93.7. The van der Waals surface area contributed by atoms with Crippen LogP contribution in [0.5, 0.6) is 0 Å². The lowest BCUT2D eigenvalue weighted by atomic mass is 10.0. The van der Waals surface area contributed by atoms with Crippen LogP contribution in [-0.4, -0.2) is 13.2 Å². The average Bonchev–Trinajstić information content (AvgIpc) is 3.37. The van der Waals surface area contributed by atoms with Crippen molar-refractivity contribution in [2.24, 2.45) is 0 Å². The lowest BCUT2D eigenvalue weighted by molar-refractivity contribution is 0.241. The highest BCUT2D eigenvalue weighted by Crippen LogP contribution is 2.20. The zero-order valence-corrected chi connectivity index (χ0v) is 48.6. The Bertz CT molecular complexity index is 826. The van der Waals surface area contributed by atoms with Gasteiger partial charge in [0.15, 0.2) is 0 Å². The summed E-state index contributed by atoms with van der Waals surface area (Å²) in [5, 5.41) is 0. The molecule has 0 atom stereocenters. The molecule has 0 aromatic rings. The molecule has 0 bridgehead atoms. The van der Waals surface area contributed by atoms with Gasteiger partial charge in [0, 0.05) is 0 Å². The summed E-state index contributed by atoms with van der Waals surface area (Å²) in [6, 6.07) is 0. The van der Waals surface area contributed by atoms with Gasteiger partial charge in [-0.25, -0.2) is 0 Å². The van der Waals surface area contributed by atoms with Gasteiger partial charge in [0.25, 0.3) is 0 Å². The second kappa shape index (κ2) is 68.1. The third kappa shape index (κ3) is 67.1. The fraction of sp³-hybridized carbons (Fsp3) is 0.941. The summed E-state index contributed by atoms with van der Waals surface area (Å²) in [5.74, 6) is 0. The van der Waals surface area contributed by atoms with Crippen LogP contribution in [0.1, 0.15) is 398 Å². The van der Waals surface area contributed by atoms with Gasteiger partial charge < -0.3 is 9.47 Å². The van der Waals surface area contributed by atoms with E-state index in [-0.39, 0.29) is 0 Å². The van der Waals surface area contributed by atoms with E-state index in [4.69, 9.17) is 9.47 Å². The predicted octanol–water partition coefficient (Wildman–Crippen LogP) is 25.5. The first-order chi connectivity index (χ1) is 34.9. The first kappa shape index (κ1) is 69.1. The Hall–Kier alpha value is -0.920. The zero-order chi connectivity index (χ0) is 50.1. The van der Waals surface area contributed by atoms with Crippen molar-refractivity contribution in [3.63, 3.8) is 0 Å². The van der Waals surface area contributed by atoms with Crippen LogP contribution in [0.15, 0.2) is 25.7 Å². The first-order valence-electron chi connectivity index (χ1n) is 33.4. The molecular formula is C68H134O2. The Kier molecular flexibility index (Phi) is 67.2. The van der Waals surface area contributed by atoms with Gasteiger partial charge in [0.2, 0.25) is 0 Å². The second-order valence-corrected chi connectivity index (χ2v) is 23.0. The molecule has 0 aliphatic rings. The number of rotatable bonds is 67. The van der Waals surface area contributed by atoms with E-state index in [2.05, 4.69) is 13.2 Å². The minimum Gasteiger partial charge on any atom is -0.502 e. The molecule has 0 N–H and O–H groups in total. The highest BCUT2D eigenvalue weighted by atomic mass is 16.5. The molecule has 418 valence electrons. The first-order valence-corrected chi connectivity index (χ1v) is 33.4. The van der Waals surface area contributed by atoms with Gasteiger partial charge in [-0.1, -0.05) is 398 Å². The van der Waals surface area contributed by atoms with Crippen molar-refractivity contribution in [3.05, 3.63) is 25.7 Å². The SMILES string of the molecule is C=COCCCCCCCCCCCCCCCCCCCCCCCCCCCCCCCCCCCCCCCCCCCCCCCCCCCCCCCCCCCCCCCCOC=C. The van der Waals surface area contributed by atoms with Crippen LogP contribution in [0.2, 0.25) is 0 Å². The van der Waals surface area contributed by atoms with E-state index >= 15 is 0 Å². The summed E-state index contributed by atoms with van der Waals surface area (Å²) >= 11 is 0. The molecule has 0 fully saturated rings. The van der Waals surface area contributed by atoms with E-state index in [0.29, 0.717) is 0 Å². The topological polar surface area (TPSA) is 18.5 Å². The molecule has 0 aliphatic carbocycles. The normalized spacial score (nSPS) is 11.5. The largest absolute Gasteiger partial charge is 0.502 e. The van der Waals surface area contributed by atoms with Gasteiger partial charge in [0.1, 0.15) is 0 Å². The van der Waals surface area contributed by atoms with Crippen molar-refractivity contribution in [1.29, 1.82) is 0 Å². The van der Waals surface area contributed by atoms with E-state index < -0.39 is 0 Å². The van der Waals surface area contributed by atoms with Gasteiger partial charge in [-0.2, -0.15) is 0 Å². The van der Waals surface area contributed by atoms with E-state index in [1.165, 1.54) is 398 Å². The van der Waals surface area contributed by atoms with Crippen LogP contribution in [0.4, 0.5) is 0 Å². The minimum atomic E-state index is 0.850. The molecule has 0 heterocycles. The molecule has 70 heavy (non-hydrogen) atoms. The van der Waals surface area contributed by atoms with Crippen LogP contribution in [-0.2, 0) is 9.47 Å². The van der Waals surface area contributed by atoms with Crippen molar-refractivity contribution >= 4 is 0 Å². The van der Waals surface area contributed by atoms with Crippen LogP contribution < -0.4 is 0 Å². The summed E-state index contributed by atoms with van der Waals surface area (Å²) in [7, 11) is 0. The Morgan fingerprint density at radius 1 is 0.129 bits per heavy atom. The summed E-state index contributed by atoms with van der Waals surface area (Å²) in [6.45, 7) is 8.90. The van der Waals surface area contributed by atoms with Crippen molar-refractivity contribution in [2.45, 2.75) is 398 Å². The Morgan fingerprint density at radius 3 is 0.271 bits per heavy atom. The second-order valence-electron chi connectivity index (χ2n) is 23.0. The molecular weight excluding hydrogens is 849 g/mol. The molecule has 0 saturated carbocycles. The highest BCUT2D eigenvalue weighted by molar-refractivity contribution is 4.57. The summed E-state index contributed by atoms with van der Waals surface area (Å²) in [4.78, 5) is 0. The Morgan fingerprint density at radius 2 is 0.200 bits per heavy atom. The number of ether oxygens (including phenoxy) is 2. The molecule has 0 rings (SSSR count). The van der Waals surface area contributed by atoms with E-state index in [1.54, 1.807) is 12.5 Å². The van der Waals surface area contributed by atoms with Gasteiger partial charge in [-0.05, 0) is 12.8 Å². The molecule has 0 unspecified atom stereocenters. The monoisotopic (exact) mass is 983 g/mol. The fourth-order valence-electron chi connectivity index (χ4n) is 11.1. The Labute approximate surface area is 444 Å². The van der Waals surface area contributed by atoms with Crippen LogP contribution in [0.3, 0.4) is 0 Å². The van der Waals surface area contributed by atoms with Gasteiger partial charge in [-0.15, -0.1) is 0 Å². The number of hydrogen-bond acceptors (Lipinski definition) is 2. The summed E-state index contributed by atoms with van der Waals surface area (Å²) < 4.78 is 10.4. The molecule has 0 aromatic carbocycles. The number of hydrogen-bond donors (Lipinski definition) is 0. The molecule has 0 radical (unpaired) electrons. The maximum absolute atomic E-state index is 5.19. The van der Waals surface area contributed by atoms with Crippen molar-refractivity contribution < 1.29 is 9.47 Å². The van der Waals surface area contributed by atoms with E-state index in [1.807, 2.05) is 0 Å². The molecule has 0 spiro atoms. The van der Waals surface area contributed by atoms with Crippen molar-refractivity contribution in [2.75, 3.05) is 13.2 Å². The van der Waals surface area contributed by atoms with E-state index in [0.717, 1.165) is 13.2 Å². The van der Waals surface area contributed by atoms with Crippen LogP contribution in [0.25, 0.3) is 0 Å². The lowest BCUT2D eigenvalue weighted by Gasteiger charge is -2.05. The molecule has 0 amide bonds. The standard InChI is InChI=1S/C68H134O2/c1-3-69-67-65-63-61-59-57-55-53-51-49-47-45-43-41-39-37-35-33-31-29-27-25-23-21-19-17-15-13-11-9-7-5-6-8-10-12-14-16-18-20-22-24-26-28-30-32-34-36-38-40-42-44-46-48-50-52-54-56-58-60-62-64-66-68-70-4-2/h3-4H,1-2,5-68H2. The Balaban J connectivity index is 3.07. The molecule has 2 nitrogen and oxygen atoms in total. The average molecular weight is 984 g/mol. The smallest absolute Gasteiger partial charge is 0.0873 e. The third-order valence-corrected chi connectivity index (χ3v) is 16.0. The van der Waals surface area contributed by atoms with Gasteiger partial charge in [-0.3, -0.25) is 0 Å². The molecule has 0 saturated heterocycles. The van der Waals surface area contributed by atoms with Gasteiger partial charge in [0.05, 0.1) is 25.7 Å². The van der Waals surface area contributed by atoms with Crippen LogP contribution in [0, 0.1) is 0 Å². The predicted molar refractivity (Wildman–Crippen MR) is 319 cm³/mol. The zero-order valence-electron chi connectivity index (χ0n) is 48.6. The molecule has 0 aliphatic heterocycles. The quantitative estimate of drug-likeness (QED) is 0.0447. The van der Waals surface area contributed by atoms with Crippen molar-refractivity contribution in [1.82, 2.24) is 0 Å². The lowest BCUT2D eigenvalue weighted by Crippen LogP contribution is -1.87.